The summed E-state index contributed by atoms with van der Waals surface area (Å²) in [5, 5.41) is 21.3. The van der Waals surface area contributed by atoms with Gasteiger partial charge >= 0.3 is 12.2 Å². The summed E-state index contributed by atoms with van der Waals surface area (Å²) in [6.07, 6.45) is -4.89. The van der Waals surface area contributed by atoms with Gasteiger partial charge in [-0.05, 0) is 31.0 Å². The number of rotatable bonds is 2. The molecular weight excluding hydrogens is 313 g/mol. The molecule has 2 amide bonds. The molecule has 3 N–H and O–H groups in total. The van der Waals surface area contributed by atoms with Gasteiger partial charge in [0.25, 0.3) is 0 Å². The van der Waals surface area contributed by atoms with Crippen LogP contribution in [0.25, 0.3) is 0 Å². The van der Waals surface area contributed by atoms with Crippen molar-refractivity contribution < 1.29 is 28.2 Å². The van der Waals surface area contributed by atoms with Crippen molar-refractivity contribution in [2.24, 2.45) is 5.92 Å². The second kappa shape index (κ2) is 6.76. The van der Waals surface area contributed by atoms with E-state index in [1.54, 1.807) is 0 Å². The van der Waals surface area contributed by atoms with Crippen LogP contribution in [-0.4, -0.2) is 46.9 Å². The van der Waals surface area contributed by atoms with Gasteiger partial charge in [0.2, 0.25) is 0 Å². The van der Waals surface area contributed by atoms with Crippen LogP contribution < -0.4 is 5.32 Å². The van der Waals surface area contributed by atoms with Gasteiger partial charge in [-0.1, -0.05) is 6.07 Å². The van der Waals surface area contributed by atoms with E-state index in [4.69, 9.17) is 5.11 Å². The molecule has 0 radical (unpaired) electrons. The van der Waals surface area contributed by atoms with Crippen LogP contribution in [-0.2, 0) is 6.18 Å². The van der Waals surface area contributed by atoms with Gasteiger partial charge in [0, 0.05) is 31.3 Å². The van der Waals surface area contributed by atoms with E-state index in [-0.39, 0.29) is 30.3 Å². The van der Waals surface area contributed by atoms with Gasteiger partial charge in [-0.2, -0.15) is 13.2 Å². The molecule has 1 aromatic carbocycles. The maximum atomic E-state index is 12.9. The lowest BCUT2D eigenvalue weighted by Crippen LogP contribution is -2.49. The Bertz CT molecular complexity index is 578. The normalized spacial score (nSPS) is 22.1. The summed E-state index contributed by atoms with van der Waals surface area (Å²) < 4.78 is 38.6. The highest BCUT2D eigenvalue weighted by Gasteiger charge is 2.33. The Morgan fingerprint density at radius 3 is 2.70 bits per heavy atom. The minimum Gasteiger partial charge on any atom is -0.396 e. The van der Waals surface area contributed by atoms with E-state index in [1.165, 1.54) is 24.0 Å². The molecule has 5 nitrogen and oxygen atoms in total. The number of carbonyl (C=O) groups is 1. The van der Waals surface area contributed by atoms with E-state index in [0.717, 1.165) is 6.07 Å². The molecule has 2 rings (SSSR count). The highest BCUT2D eigenvalue weighted by Crippen LogP contribution is 2.33. The van der Waals surface area contributed by atoms with E-state index in [0.29, 0.717) is 13.0 Å². The fourth-order valence-electron chi connectivity index (χ4n) is 2.59. The predicted octanol–water partition coefficient (Wildman–Crippen LogP) is 2.22. The first kappa shape index (κ1) is 17.6. The smallest absolute Gasteiger partial charge is 0.396 e. The number of alkyl halides is 3. The number of likely N-dealkylation sites (tertiary alicyclic amines) is 1. The summed E-state index contributed by atoms with van der Waals surface area (Å²) in [5.41, 5.74) is -0.671. The number of anilines is 1. The molecule has 0 bridgehead atoms. The number of hydrogen-bond acceptors (Lipinski definition) is 3. The molecule has 23 heavy (non-hydrogen) atoms. The van der Waals surface area contributed by atoms with Crippen LogP contribution in [0.2, 0.25) is 0 Å². The number of carbonyl (C=O) groups excluding carboxylic acids is 1. The van der Waals surface area contributed by atoms with E-state index in [2.05, 4.69) is 5.32 Å². The van der Waals surface area contributed by atoms with Crippen molar-refractivity contribution >= 4 is 11.7 Å². The van der Waals surface area contributed by atoms with Crippen LogP contribution in [0.5, 0.6) is 0 Å². The molecule has 0 unspecified atom stereocenters. The third-order valence-electron chi connectivity index (χ3n) is 4.04. The van der Waals surface area contributed by atoms with Gasteiger partial charge < -0.3 is 20.4 Å². The monoisotopic (exact) mass is 332 g/mol. The van der Waals surface area contributed by atoms with Crippen LogP contribution in [0.3, 0.4) is 0 Å². The van der Waals surface area contributed by atoms with Gasteiger partial charge in [0.15, 0.2) is 0 Å². The minimum atomic E-state index is -4.49. The number of halogens is 3. The molecule has 1 aliphatic heterocycles. The topological polar surface area (TPSA) is 72.8 Å². The number of urea groups is 1. The molecule has 0 saturated carbocycles. The molecule has 0 spiro atoms. The van der Waals surface area contributed by atoms with Crippen LogP contribution in [0.15, 0.2) is 18.2 Å². The lowest BCUT2D eigenvalue weighted by molar-refractivity contribution is -0.138. The molecule has 8 heteroatoms. The number of hydrogen-bond donors (Lipinski definition) is 3. The summed E-state index contributed by atoms with van der Waals surface area (Å²) in [6.45, 7) is 1.55. The molecule has 1 aromatic rings. The van der Waals surface area contributed by atoms with Gasteiger partial charge in [-0.3, -0.25) is 0 Å². The van der Waals surface area contributed by atoms with Crippen LogP contribution >= 0.6 is 0 Å². The first-order chi connectivity index (χ1) is 10.7. The maximum absolute atomic E-state index is 12.9. The number of β-amino-alcohol motifs (C(OH)–C–C–N with tert-alkyl or cyclic N) is 1. The van der Waals surface area contributed by atoms with Crippen molar-refractivity contribution in [1.29, 1.82) is 0 Å². The Hall–Kier alpha value is -1.80. The molecule has 0 aliphatic carbocycles. The van der Waals surface area contributed by atoms with Gasteiger partial charge in [-0.25, -0.2) is 4.79 Å². The minimum absolute atomic E-state index is 0.0368. The van der Waals surface area contributed by atoms with Crippen molar-refractivity contribution in [3.8, 4) is 0 Å². The number of nitrogens with zero attached hydrogens (tertiary/aromatic N) is 1. The number of aryl methyl sites for hydroxylation is 1. The van der Waals surface area contributed by atoms with Crippen LogP contribution in [0.1, 0.15) is 17.5 Å². The third-order valence-corrected chi connectivity index (χ3v) is 4.04. The molecule has 1 heterocycles. The Balaban J connectivity index is 2.06. The molecular formula is C15H19F3N2O3. The van der Waals surface area contributed by atoms with E-state index < -0.39 is 23.9 Å². The average Bonchev–Trinajstić information content (AvgIpc) is 2.48. The third kappa shape index (κ3) is 4.14. The molecule has 1 saturated heterocycles. The number of aliphatic hydroxyl groups is 2. The SMILES string of the molecule is Cc1ccc(NC(=O)N2CC[C@@H](CO)[C@H](O)C2)cc1C(F)(F)F. The fourth-order valence-corrected chi connectivity index (χ4v) is 2.59. The largest absolute Gasteiger partial charge is 0.416 e. The van der Waals surface area contributed by atoms with Gasteiger partial charge in [0.1, 0.15) is 0 Å². The zero-order valence-corrected chi connectivity index (χ0v) is 12.6. The molecule has 128 valence electrons. The Morgan fingerprint density at radius 1 is 1.43 bits per heavy atom. The van der Waals surface area contributed by atoms with Crippen molar-refractivity contribution in [3.05, 3.63) is 29.3 Å². The zero-order valence-electron chi connectivity index (χ0n) is 12.6. The highest BCUT2D eigenvalue weighted by molar-refractivity contribution is 5.89. The highest BCUT2D eigenvalue weighted by atomic mass is 19.4. The first-order valence-corrected chi connectivity index (χ1v) is 7.25. The Morgan fingerprint density at radius 2 is 2.13 bits per heavy atom. The lowest BCUT2D eigenvalue weighted by atomic mass is 9.95. The number of aliphatic hydroxyl groups excluding tert-OH is 2. The quantitative estimate of drug-likeness (QED) is 0.777. The second-order valence-corrected chi connectivity index (χ2v) is 5.70. The molecule has 1 fully saturated rings. The zero-order chi connectivity index (χ0) is 17.2. The summed E-state index contributed by atoms with van der Waals surface area (Å²) >= 11 is 0. The number of piperidine rings is 1. The lowest BCUT2D eigenvalue weighted by Gasteiger charge is -2.35. The predicted molar refractivity (Wildman–Crippen MR) is 78.0 cm³/mol. The summed E-state index contributed by atoms with van der Waals surface area (Å²) in [7, 11) is 0. The number of nitrogens with one attached hydrogen (secondary N) is 1. The van der Waals surface area contributed by atoms with Crippen LogP contribution in [0, 0.1) is 12.8 Å². The second-order valence-electron chi connectivity index (χ2n) is 5.70. The number of amides is 2. The molecule has 0 aromatic heterocycles. The van der Waals surface area contributed by atoms with E-state index >= 15 is 0 Å². The van der Waals surface area contributed by atoms with Gasteiger partial charge in [-0.15, -0.1) is 0 Å². The maximum Gasteiger partial charge on any atom is 0.416 e. The average molecular weight is 332 g/mol. The molecule has 2 atom stereocenters. The summed E-state index contributed by atoms with van der Waals surface area (Å²) in [5.74, 6) is -0.282. The standard InChI is InChI=1S/C15H19F3N2O3/c1-9-2-3-11(6-12(9)15(16,17)18)19-14(23)20-5-4-10(8-21)13(22)7-20/h2-3,6,10,13,21-22H,4-5,7-8H2,1H3,(H,19,23)/t10-,13+/m0/s1. The van der Waals surface area contributed by atoms with Crippen molar-refractivity contribution in [2.75, 3.05) is 25.0 Å². The Labute approximate surface area is 131 Å². The molecule has 1 aliphatic rings. The first-order valence-electron chi connectivity index (χ1n) is 7.25. The Kier molecular flexibility index (Phi) is 5.16. The summed E-state index contributed by atoms with van der Waals surface area (Å²) in [4.78, 5) is 13.4. The fraction of sp³-hybridized carbons (Fsp3) is 0.533. The van der Waals surface area contributed by atoms with Crippen molar-refractivity contribution in [1.82, 2.24) is 4.90 Å². The van der Waals surface area contributed by atoms with Gasteiger partial charge in [0.05, 0.1) is 11.7 Å². The van der Waals surface area contributed by atoms with Crippen LogP contribution in [0.4, 0.5) is 23.7 Å². The number of benzene rings is 1. The van der Waals surface area contributed by atoms with E-state index in [9.17, 15) is 23.1 Å². The summed E-state index contributed by atoms with van der Waals surface area (Å²) in [6, 6.07) is 3.02. The van der Waals surface area contributed by atoms with E-state index in [1.807, 2.05) is 0 Å². The van der Waals surface area contributed by atoms with Crippen molar-refractivity contribution in [3.63, 3.8) is 0 Å². The van der Waals surface area contributed by atoms with Crippen molar-refractivity contribution in [2.45, 2.75) is 25.6 Å².